The highest BCUT2D eigenvalue weighted by Crippen LogP contribution is 2.32. The summed E-state index contributed by atoms with van der Waals surface area (Å²) in [5.74, 6) is -1.78. The Bertz CT molecular complexity index is 1010. The molecule has 0 aromatic heterocycles. The van der Waals surface area contributed by atoms with Gasteiger partial charge in [0.05, 0.1) is 11.7 Å². The van der Waals surface area contributed by atoms with Crippen LogP contribution in [0.3, 0.4) is 0 Å². The second-order valence-electron chi connectivity index (χ2n) is 6.33. The third-order valence-corrected chi connectivity index (χ3v) is 5.86. The number of carbonyl (C=O) groups is 3. The van der Waals surface area contributed by atoms with Gasteiger partial charge >= 0.3 is 0 Å². The van der Waals surface area contributed by atoms with Gasteiger partial charge in [0, 0.05) is 23.1 Å². The molecule has 1 aliphatic rings. The first kappa shape index (κ1) is 21.8. The summed E-state index contributed by atoms with van der Waals surface area (Å²) in [6.45, 7) is 3.92. The number of amidine groups is 1. The number of aliphatic imine (C=N–C) groups is 1. The maximum absolute atomic E-state index is 12.8. The van der Waals surface area contributed by atoms with Gasteiger partial charge in [-0.25, -0.2) is 4.99 Å². The summed E-state index contributed by atoms with van der Waals surface area (Å²) >= 11 is 4.53. The third kappa shape index (κ3) is 5.37. The molecule has 0 unspecified atom stereocenters. The molecule has 1 saturated heterocycles. The average molecular weight is 487 g/mol. The fourth-order valence-corrected chi connectivity index (χ4v) is 4.15. The predicted octanol–water partition coefficient (Wildman–Crippen LogP) is 2.96. The predicted molar refractivity (Wildman–Crippen MR) is 119 cm³/mol. The maximum atomic E-state index is 12.8. The standard InChI is InChI=1S/C21H18BrN3O4S/c1-2-11-25-19(27)17(12-18(26)23-15-9-5-14(22)6-10-15)30-21(25)24-16-7-3-13(4-8-16)20(28)29/h2-10,17H,1,11-12H2,(H,23,26)(H,28,29)/p-1/t17-/m0/s1. The number of benzene rings is 2. The SMILES string of the molecule is C=CCN1C(=O)[C@H](CC(=O)Nc2ccc(Br)cc2)SC1=Nc1ccc(C(=O)[O-])cc1. The number of carboxylic acid groups (broad SMARTS) is 1. The molecule has 0 spiro atoms. The van der Waals surface area contributed by atoms with E-state index in [4.69, 9.17) is 0 Å². The topological polar surface area (TPSA) is 102 Å². The van der Waals surface area contributed by atoms with Gasteiger partial charge in [0.25, 0.3) is 0 Å². The van der Waals surface area contributed by atoms with Crippen LogP contribution in [0.25, 0.3) is 0 Å². The quantitative estimate of drug-likeness (QED) is 0.606. The number of anilines is 1. The van der Waals surface area contributed by atoms with Gasteiger partial charge in [-0.3, -0.25) is 14.5 Å². The lowest BCUT2D eigenvalue weighted by Gasteiger charge is -2.14. The molecular formula is C21H17BrN3O4S-. The van der Waals surface area contributed by atoms with Gasteiger partial charge in [0.15, 0.2) is 5.17 Å². The van der Waals surface area contributed by atoms with E-state index in [2.05, 4.69) is 32.8 Å². The molecule has 0 bridgehead atoms. The molecule has 2 aromatic rings. The first-order valence-corrected chi connectivity index (χ1v) is 10.6. The van der Waals surface area contributed by atoms with Gasteiger partial charge in [0.2, 0.25) is 11.8 Å². The highest BCUT2D eigenvalue weighted by atomic mass is 79.9. The van der Waals surface area contributed by atoms with Crippen molar-refractivity contribution in [3.63, 3.8) is 0 Å². The molecule has 3 rings (SSSR count). The van der Waals surface area contributed by atoms with E-state index in [1.54, 1.807) is 18.2 Å². The molecule has 154 valence electrons. The minimum Gasteiger partial charge on any atom is -0.545 e. The van der Waals surface area contributed by atoms with E-state index in [0.29, 0.717) is 16.5 Å². The Morgan fingerprint density at radius 3 is 2.47 bits per heavy atom. The highest BCUT2D eigenvalue weighted by molar-refractivity contribution is 9.10. The van der Waals surface area contributed by atoms with Gasteiger partial charge < -0.3 is 15.2 Å². The van der Waals surface area contributed by atoms with Crippen molar-refractivity contribution in [1.82, 2.24) is 4.90 Å². The summed E-state index contributed by atoms with van der Waals surface area (Å²) in [6, 6.07) is 13.0. The van der Waals surface area contributed by atoms with Crippen LogP contribution in [0, 0.1) is 0 Å². The number of amides is 2. The van der Waals surface area contributed by atoms with E-state index >= 15 is 0 Å². The zero-order valence-electron chi connectivity index (χ0n) is 15.7. The number of nitrogens with one attached hydrogen (secondary N) is 1. The molecule has 1 aliphatic heterocycles. The molecule has 2 aromatic carbocycles. The number of carboxylic acids is 1. The van der Waals surface area contributed by atoms with E-state index in [0.717, 1.165) is 4.47 Å². The van der Waals surface area contributed by atoms with E-state index < -0.39 is 11.2 Å². The van der Waals surface area contributed by atoms with E-state index in [-0.39, 0.29) is 30.3 Å². The monoisotopic (exact) mass is 486 g/mol. The molecule has 1 atom stereocenters. The molecule has 7 nitrogen and oxygen atoms in total. The summed E-state index contributed by atoms with van der Waals surface area (Å²) in [5.41, 5.74) is 1.17. The second kappa shape index (κ2) is 9.73. The zero-order valence-corrected chi connectivity index (χ0v) is 18.1. The van der Waals surface area contributed by atoms with Crippen molar-refractivity contribution in [3.8, 4) is 0 Å². The lowest BCUT2D eigenvalue weighted by atomic mass is 10.2. The van der Waals surface area contributed by atoms with Gasteiger partial charge in [-0.05, 0) is 42.0 Å². The molecule has 1 heterocycles. The Hall–Kier alpha value is -2.91. The molecular weight excluding hydrogens is 470 g/mol. The van der Waals surface area contributed by atoms with Crippen LogP contribution in [-0.2, 0) is 9.59 Å². The van der Waals surface area contributed by atoms with E-state index in [1.165, 1.54) is 40.9 Å². The van der Waals surface area contributed by atoms with Crippen molar-refractivity contribution < 1.29 is 19.5 Å². The van der Waals surface area contributed by atoms with Crippen LogP contribution in [0.4, 0.5) is 11.4 Å². The van der Waals surface area contributed by atoms with Crippen molar-refractivity contribution >= 4 is 62.0 Å². The fraction of sp³-hybridized carbons (Fsp3) is 0.143. The summed E-state index contributed by atoms with van der Waals surface area (Å²) in [7, 11) is 0. The van der Waals surface area contributed by atoms with Gasteiger partial charge in [-0.2, -0.15) is 0 Å². The Labute approximate surface area is 186 Å². The Balaban J connectivity index is 1.73. The minimum atomic E-state index is -1.27. The van der Waals surface area contributed by atoms with Crippen molar-refractivity contribution in [1.29, 1.82) is 0 Å². The lowest BCUT2D eigenvalue weighted by molar-refractivity contribution is -0.255. The summed E-state index contributed by atoms with van der Waals surface area (Å²) < 4.78 is 0.899. The molecule has 2 amide bonds. The molecule has 9 heteroatoms. The molecule has 30 heavy (non-hydrogen) atoms. The second-order valence-corrected chi connectivity index (χ2v) is 8.42. The number of thioether (sulfide) groups is 1. The van der Waals surface area contributed by atoms with Crippen LogP contribution in [0.15, 0.2) is 70.7 Å². The van der Waals surface area contributed by atoms with Gasteiger partial charge in [0.1, 0.15) is 5.25 Å². The van der Waals surface area contributed by atoms with Crippen LogP contribution >= 0.6 is 27.7 Å². The number of hydrogen-bond donors (Lipinski definition) is 1. The van der Waals surface area contributed by atoms with Crippen LogP contribution < -0.4 is 10.4 Å². The van der Waals surface area contributed by atoms with Crippen LogP contribution in [0.5, 0.6) is 0 Å². The third-order valence-electron chi connectivity index (χ3n) is 4.16. The summed E-state index contributed by atoms with van der Waals surface area (Å²) in [5, 5.41) is 13.5. The fourth-order valence-electron chi connectivity index (χ4n) is 2.72. The van der Waals surface area contributed by atoms with Gasteiger partial charge in [-0.1, -0.05) is 45.9 Å². The van der Waals surface area contributed by atoms with Crippen molar-refractivity contribution in [2.24, 2.45) is 4.99 Å². The summed E-state index contributed by atoms with van der Waals surface area (Å²) in [6.07, 6.45) is 1.58. The highest BCUT2D eigenvalue weighted by Gasteiger charge is 2.38. The number of aromatic carboxylic acids is 1. The number of nitrogens with zero attached hydrogens (tertiary/aromatic N) is 2. The minimum absolute atomic E-state index is 0.00412. The molecule has 0 aliphatic carbocycles. The molecule has 0 saturated carbocycles. The van der Waals surface area contributed by atoms with Gasteiger partial charge in [-0.15, -0.1) is 6.58 Å². The summed E-state index contributed by atoms with van der Waals surface area (Å²) in [4.78, 5) is 42.0. The normalized spacial score (nSPS) is 17.2. The lowest BCUT2D eigenvalue weighted by Crippen LogP contribution is -2.33. The number of carbonyl (C=O) groups excluding carboxylic acids is 3. The Morgan fingerprint density at radius 1 is 1.20 bits per heavy atom. The van der Waals surface area contributed by atoms with Crippen LogP contribution in [0.1, 0.15) is 16.8 Å². The number of halogens is 1. The van der Waals surface area contributed by atoms with Crippen molar-refractivity contribution in [2.75, 3.05) is 11.9 Å². The number of hydrogen-bond acceptors (Lipinski definition) is 6. The van der Waals surface area contributed by atoms with Crippen molar-refractivity contribution in [2.45, 2.75) is 11.7 Å². The first-order valence-electron chi connectivity index (χ1n) is 8.92. The first-order chi connectivity index (χ1) is 14.4. The average Bonchev–Trinajstić information content (AvgIpc) is 2.99. The zero-order chi connectivity index (χ0) is 21.7. The van der Waals surface area contributed by atoms with E-state index in [1.807, 2.05) is 12.1 Å². The maximum Gasteiger partial charge on any atom is 0.242 e. The smallest absolute Gasteiger partial charge is 0.242 e. The van der Waals surface area contributed by atoms with E-state index in [9.17, 15) is 19.5 Å². The van der Waals surface area contributed by atoms with Crippen LogP contribution in [0.2, 0.25) is 0 Å². The molecule has 1 fully saturated rings. The van der Waals surface area contributed by atoms with Crippen LogP contribution in [-0.4, -0.2) is 39.6 Å². The molecule has 1 N–H and O–H groups in total. The Kier molecular flexibility index (Phi) is 7.07. The van der Waals surface area contributed by atoms with Crippen molar-refractivity contribution in [3.05, 3.63) is 71.2 Å². The molecule has 0 radical (unpaired) electrons. The largest absolute Gasteiger partial charge is 0.545 e. The number of rotatable bonds is 7. The Morgan fingerprint density at radius 2 is 1.87 bits per heavy atom.